The second-order valence-corrected chi connectivity index (χ2v) is 4.14. The number of nitrogens with two attached hydrogens (primary N) is 1. The normalized spacial score (nSPS) is 20.1. The van der Waals surface area contributed by atoms with Crippen molar-refractivity contribution in [1.29, 1.82) is 0 Å². The first kappa shape index (κ1) is 10.6. The number of aryl methyl sites for hydroxylation is 1. The molecule has 0 spiro atoms. The van der Waals surface area contributed by atoms with Gasteiger partial charge < -0.3 is 11.1 Å². The molecule has 1 aromatic carbocycles. The summed E-state index contributed by atoms with van der Waals surface area (Å²) in [6.45, 7) is 6.26. The summed E-state index contributed by atoms with van der Waals surface area (Å²) in [6, 6.07) is 8.47. The largest absolute Gasteiger partial charge is 0.314 e. The highest BCUT2D eigenvalue weighted by atomic mass is 15.3. The summed E-state index contributed by atoms with van der Waals surface area (Å²) in [5, 5.41) is 3.34. The van der Waals surface area contributed by atoms with Crippen molar-refractivity contribution in [2.24, 2.45) is 5.73 Å². The van der Waals surface area contributed by atoms with Gasteiger partial charge in [-0.3, -0.25) is 4.90 Å². The molecular formula is C12H19N3. The summed E-state index contributed by atoms with van der Waals surface area (Å²) >= 11 is 0. The molecule has 1 aromatic rings. The molecule has 1 aliphatic rings. The van der Waals surface area contributed by atoms with Crippen LogP contribution in [0.5, 0.6) is 0 Å². The Morgan fingerprint density at radius 3 is 2.73 bits per heavy atom. The number of benzene rings is 1. The zero-order valence-corrected chi connectivity index (χ0v) is 9.24. The van der Waals surface area contributed by atoms with Gasteiger partial charge in [-0.2, -0.15) is 0 Å². The third-order valence-electron chi connectivity index (χ3n) is 2.93. The van der Waals surface area contributed by atoms with E-state index in [4.69, 9.17) is 5.73 Å². The molecule has 0 saturated carbocycles. The van der Waals surface area contributed by atoms with E-state index in [9.17, 15) is 0 Å². The Morgan fingerprint density at radius 1 is 1.33 bits per heavy atom. The first-order valence-electron chi connectivity index (χ1n) is 5.54. The van der Waals surface area contributed by atoms with Crippen molar-refractivity contribution in [1.82, 2.24) is 10.2 Å². The monoisotopic (exact) mass is 205 g/mol. The van der Waals surface area contributed by atoms with Gasteiger partial charge in [-0.1, -0.05) is 29.8 Å². The van der Waals surface area contributed by atoms with Gasteiger partial charge in [-0.25, -0.2) is 0 Å². The SMILES string of the molecule is Cc1cccc(C(N)N2CCNCC2)c1. The number of piperazine rings is 1. The highest BCUT2D eigenvalue weighted by Gasteiger charge is 2.17. The van der Waals surface area contributed by atoms with Gasteiger partial charge in [0.15, 0.2) is 0 Å². The lowest BCUT2D eigenvalue weighted by Gasteiger charge is -2.32. The van der Waals surface area contributed by atoms with Gasteiger partial charge in [0.1, 0.15) is 0 Å². The smallest absolute Gasteiger partial charge is 0.0836 e. The van der Waals surface area contributed by atoms with Crippen molar-refractivity contribution in [3.63, 3.8) is 0 Å². The fraction of sp³-hybridized carbons (Fsp3) is 0.500. The van der Waals surface area contributed by atoms with E-state index in [0.717, 1.165) is 26.2 Å². The summed E-state index contributed by atoms with van der Waals surface area (Å²) < 4.78 is 0. The maximum atomic E-state index is 6.24. The molecule has 3 nitrogen and oxygen atoms in total. The third kappa shape index (κ3) is 2.56. The molecule has 0 aromatic heterocycles. The van der Waals surface area contributed by atoms with Crippen molar-refractivity contribution in [2.45, 2.75) is 13.1 Å². The molecule has 0 bridgehead atoms. The summed E-state index contributed by atoms with van der Waals surface area (Å²) in [7, 11) is 0. The van der Waals surface area contributed by atoms with Crippen LogP contribution in [0.4, 0.5) is 0 Å². The second-order valence-electron chi connectivity index (χ2n) is 4.14. The highest BCUT2D eigenvalue weighted by Crippen LogP contribution is 2.16. The van der Waals surface area contributed by atoms with E-state index in [1.54, 1.807) is 0 Å². The molecule has 0 aliphatic carbocycles. The average molecular weight is 205 g/mol. The van der Waals surface area contributed by atoms with Gasteiger partial charge in [0.05, 0.1) is 6.17 Å². The van der Waals surface area contributed by atoms with Crippen LogP contribution in [-0.2, 0) is 0 Å². The van der Waals surface area contributed by atoms with Crippen molar-refractivity contribution in [3.05, 3.63) is 35.4 Å². The molecule has 1 heterocycles. The van der Waals surface area contributed by atoms with Crippen LogP contribution in [0, 0.1) is 6.92 Å². The molecule has 1 atom stereocenters. The van der Waals surface area contributed by atoms with E-state index in [2.05, 4.69) is 41.4 Å². The molecule has 1 saturated heterocycles. The third-order valence-corrected chi connectivity index (χ3v) is 2.93. The van der Waals surface area contributed by atoms with Crippen molar-refractivity contribution in [2.75, 3.05) is 26.2 Å². The predicted octanol–water partition coefficient (Wildman–Crippen LogP) is 0.858. The number of nitrogens with zero attached hydrogens (tertiary/aromatic N) is 1. The lowest BCUT2D eigenvalue weighted by Crippen LogP contribution is -2.47. The molecular weight excluding hydrogens is 186 g/mol. The van der Waals surface area contributed by atoms with Gasteiger partial charge in [0.25, 0.3) is 0 Å². The first-order valence-corrected chi connectivity index (χ1v) is 5.54. The number of hydrogen-bond acceptors (Lipinski definition) is 3. The topological polar surface area (TPSA) is 41.3 Å². The molecule has 1 aliphatic heterocycles. The van der Waals surface area contributed by atoms with E-state index in [-0.39, 0.29) is 6.17 Å². The molecule has 3 N–H and O–H groups in total. The van der Waals surface area contributed by atoms with Crippen LogP contribution >= 0.6 is 0 Å². The van der Waals surface area contributed by atoms with Crippen LogP contribution in [0.1, 0.15) is 17.3 Å². The molecule has 1 fully saturated rings. The molecule has 2 rings (SSSR count). The van der Waals surface area contributed by atoms with Gasteiger partial charge in [-0.15, -0.1) is 0 Å². The minimum atomic E-state index is 0.0481. The quantitative estimate of drug-likeness (QED) is 0.752. The Kier molecular flexibility index (Phi) is 3.36. The van der Waals surface area contributed by atoms with Crippen LogP contribution in [0.2, 0.25) is 0 Å². The standard InChI is InChI=1S/C12H19N3/c1-10-3-2-4-11(9-10)12(13)15-7-5-14-6-8-15/h2-4,9,12,14H,5-8,13H2,1H3. The van der Waals surface area contributed by atoms with E-state index in [1.165, 1.54) is 11.1 Å². The average Bonchev–Trinajstić information content (AvgIpc) is 2.29. The fourth-order valence-electron chi connectivity index (χ4n) is 2.03. The minimum Gasteiger partial charge on any atom is -0.314 e. The first-order chi connectivity index (χ1) is 7.27. The van der Waals surface area contributed by atoms with Crippen LogP contribution in [0.3, 0.4) is 0 Å². The van der Waals surface area contributed by atoms with Crippen LogP contribution in [0.25, 0.3) is 0 Å². The lowest BCUT2D eigenvalue weighted by atomic mass is 10.1. The van der Waals surface area contributed by atoms with Crippen molar-refractivity contribution < 1.29 is 0 Å². The Hall–Kier alpha value is -0.900. The van der Waals surface area contributed by atoms with Gasteiger partial charge in [0, 0.05) is 26.2 Å². The maximum absolute atomic E-state index is 6.24. The number of nitrogens with one attached hydrogen (secondary N) is 1. The van der Waals surface area contributed by atoms with Gasteiger partial charge in [-0.05, 0) is 12.5 Å². The van der Waals surface area contributed by atoms with Gasteiger partial charge >= 0.3 is 0 Å². The zero-order chi connectivity index (χ0) is 10.7. The van der Waals surface area contributed by atoms with Crippen LogP contribution in [-0.4, -0.2) is 31.1 Å². The van der Waals surface area contributed by atoms with Crippen LogP contribution < -0.4 is 11.1 Å². The van der Waals surface area contributed by atoms with Gasteiger partial charge in [0.2, 0.25) is 0 Å². The van der Waals surface area contributed by atoms with Crippen molar-refractivity contribution >= 4 is 0 Å². The molecule has 1 unspecified atom stereocenters. The Labute approximate surface area is 91.3 Å². The number of rotatable bonds is 2. The van der Waals surface area contributed by atoms with E-state index in [1.807, 2.05) is 0 Å². The second kappa shape index (κ2) is 4.75. The maximum Gasteiger partial charge on any atom is 0.0836 e. The van der Waals surface area contributed by atoms with Crippen molar-refractivity contribution in [3.8, 4) is 0 Å². The Bertz CT molecular complexity index is 318. The summed E-state index contributed by atoms with van der Waals surface area (Å²) in [5.74, 6) is 0. The fourth-order valence-corrected chi connectivity index (χ4v) is 2.03. The molecule has 15 heavy (non-hydrogen) atoms. The summed E-state index contributed by atoms with van der Waals surface area (Å²) in [4.78, 5) is 2.32. The van der Waals surface area contributed by atoms with E-state index in [0.29, 0.717) is 0 Å². The Morgan fingerprint density at radius 2 is 2.07 bits per heavy atom. The molecule has 0 radical (unpaired) electrons. The number of hydrogen-bond donors (Lipinski definition) is 2. The minimum absolute atomic E-state index is 0.0481. The van der Waals surface area contributed by atoms with E-state index >= 15 is 0 Å². The van der Waals surface area contributed by atoms with Crippen LogP contribution in [0.15, 0.2) is 24.3 Å². The summed E-state index contributed by atoms with van der Waals surface area (Å²) in [6.07, 6.45) is 0.0481. The predicted molar refractivity (Wildman–Crippen MR) is 62.6 cm³/mol. The summed E-state index contributed by atoms with van der Waals surface area (Å²) in [5.41, 5.74) is 8.73. The molecule has 3 heteroatoms. The molecule has 0 amide bonds. The van der Waals surface area contributed by atoms with E-state index < -0.39 is 0 Å². The lowest BCUT2D eigenvalue weighted by molar-refractivity contribution is 0.177. The highest BCUT2D eigenvalue weighted by molar-refractivity contribution is 5.24. The Balaban J connectivity index is 2.08. The molecule has 82 valence electrons. The zero-order valence-electron chi connectivity index (χ0n) is 9.24.